The molecule has 0 aliphatic heterocycles. The van der Waals surface area contributed by atoms with Gasteiger partial charge in [0.15, 0.2) is 0 Å². The molecule has 94 valence electrons. The molecular formula is C13H11FO3S. The molecular weight excluding hydrogens is 255 g/mol. The first-order valence-corrected chi connectivity index (χ1v) is 6.02. The van der Waals surface area contributed by atoms with Crippen molar-refractivity contribution in [3.8, 4) is 16.9 Å². The summed E-state index contributed by atoms with van der Waals surface area (Å²) in [5, 5.41) is 8.96. The molecule has 0 unspecified atom stereocenters. The molecule has 0 amide bonds. The third-order valence-electron chi connectivity index (χ3n) is 2.58. The van der Waals surface area contributed by atoms with Crippen LogP contribution < -0.4 is 4.74 Å². The lowest BCUT2D eigenvalue weighted by Crippen LogP contribution is -1.91. The van der Waals surface area contributed by atoms with Gasteiger partial charge in [-0.3, -0.25) is 0 Å². The fourth-order valence-electron chi connectivity index (χ4n) is 1.75. The van der Waals surface area contributed by atoms with E-state index in [9.17, 15) is 9.18 Å². The first-order valence-electron chi connectivity index (χ1n) is 5.20. The largest absolute Gasteiger partial charge is 0.496 e. The highest BCUT2D eigenvalue weighted by atomic mass is 32.1. The summed E-state index contributed by atoms with van der Waals surface area (Å²) < 4.78 is 18.5. The Bertz CT molecular complexity index is 604. The van der Waals surface area contributed by atoms with Crippen LogP contribution in [0.25, 0.3) is 11.1 Å². The summed E-state index contributed by atoms with van der Waals surface area (Å²) in [7, 11) is 1.50. The third-order valence-corrected chi connectivity index (χ3v) is 3.62. The van der Waals surface area contributed by atoms with Crippen LogP contribution in [0.4, 0.5) is 4.39 Å². The first-order chi connectivity index (χ1) is 8.52. The lowest BCUT2D eigenvalue weighted by atomic mass is 10.1. The van der Waals surface area contributed by atoms with Gasteiger partial charge >= 0.3 is 5.97 Å². The van der Waals surface area contributed by atoms with E-state index in [0.717, 1.165) is 16.2 Å². The van der Waals surface area contributed by atoms with Crippen LogP contribution in [0.2, 0.25) is 0 Å². The van der Waals surface area contributed by atoms with E-state index in [2.05, 4.69) is 0 Å². The van der Waals surface area contributed by atoms with Gasteiger partial charge in [0, 0.05) is 10.4 Å². The van der Waals surface area contributed by atoms with E-state index in [1.807, 2.05) is 0 Å². The molecule has 2 aromatic rings. The standard InChI is InChI=1S/C13H11FO3S/c1-7-9(6-12(18-7)13(15)16)10-5-8(14)3-4-11(10)17-2/h3-6H,1-2H3,(H,15,16). The number of methoxy groups -OCH3 is 1. The fourth-order valence-corrected chi connectivity index (χ4v) is 2.62. The number of aromatic carboxylic acids is 1. The zero-order chi connectivity index (χ0) is 13.3. The van der Waals surface area contributed by atoms with E-state index < -0.39 is 5.97 Å². The molecule has 1 N–H and O–H groups in total. The Morgan fingerprint density at radius 3 is 2.61 bits per heavy atom. The second-order valence-corrected chi connectivity index (χ2v) is 4.99. The number of thiophene rings is 1. The average molecular weight is 266 g/mol. The maximum Gasteiger partial charge on any atom is 0.345 e. The number of rotatable bonds is 3. The second kappa shape index (κ2) is 4.78. The Morgan fingerprint density at radius 1 is 1.33 bits per heavy atom. The molecule has 0 aliphatic rings. The maximum atomic E-state index is 13.3. The molecule has 0 bridgehead atoms. The van der Waals surface area contributed by atoms with Crippen molar-refractivity contribution in [3.05, 3.63) is 39.8 Å². The Labute approximate surface area is 107 Å². The molecule has 0 spiro atoms. The second-order valence-electron chi connectivity index (χ2n) is 3.73. The van der Waals surface area contributed by atoms with Gasteiger partial charge in [-0.25, -0.2) is 9.18 Å². The summed E-state index contributed by atoms with van der Waals surface area (Å²) in [5.74, 6) is -0.841. The Morgan fingerprint density at radius 2 is 2.06 bits per heavy atom. The van der Waals surface area contributed by atoms with Gasteiger partial charge in [-0.05, 0) is 36.8 Å². The molecule has 0 saturated heterocycles. The Hall–Kier alpha value is -1.88. The lowest BCUT2D eigenvalue weighted by molar-refractivity contribution is 0.0702. The van der Waals surface area contributed by atoms with Crippen molar-refractivity contribution >= 4 is 17.3 Å². The number of hydrogen-bond acceptors (Lipinski definition) is 3. The number of aryl methyl sites for hydroxylation is 1. The molecule has 1 aromatic heterocycles. The van der Waals surface area contributed by atoms with Gasteiger partial charge in [0.25, 0.3) is 0 Å². The molecule has 0 fully saturated rings. The fraction of sp³-hybridized carbons (Fsp3) is 0.154. The summed E-state index contributed by atoms with van der Waals surface area (Å²) in [4.78, 5) is 12.0. The van der Waals surface area contributed by atoms with Crippen molar-refractivity contribution in [2.24, 2.45) is 0 Å². The monoisotopic (exact) mass is 266 g/mol. The number of carboxylic acids is 1. The summed E-state index contributed by atoms with van der Waals surface area (Å²) in [6.07, 6.45) is 0. The molecule has 1 aromatic carbocycles. The van der Waals surface area contributed by atoms with Crippen molar-refractivity contribution in [1.29, 1.82) is 0 Å². The minimum Gasteiger partial charge on any atom is -0.496 e. The molecule has 0 atom stereocenters. The highest BCUT2D eigenvalue weighted by molar-refractivity contribution is 7.14. The molecule has 5 heteroatoms. The average Bonchev–Trinajstić information content (AvgIpc) is 2.71. The normalized spacial score (nSPS) is 10.4. The zero-order valence-electron chi connectivity index (χ0n) is 9.86. The van der Waals surface area contributed by atoms with Crippen LogP contribution in [-0.2, 0) is 0 Å². The zero-order valence-corrected chi connectivity index (χ0v) is 10.7. The minimum absolute atomic E-state index is 0.230. The molecule has 1 heterocycles. The summed E-state index contributed by atoms with van der Waals surface area (Å²) in [6, 6.07) is 5.73. The van der Waals surface area contributed by atoms with Gasteiger partial charge in [0.1, 0.15) is 16.4 Å². The molecule has 3 nitrogen and oxygen atoms in total. The van der Waals surface area contributed by atoms with E-state index in [1.54, 1.807) is 13.0 Å². The smallest absolute Gasteiger partial charge is 0.345 e. The van der Waals surface area contributed by atoms with Crippen LogP contribution in [0, 0.1) is 12.7 Å². The number of halogens is 1. The van der Waals surface area contributed by atoms with Gasteiger partial charge in [0.2, 0.25) is 0 Å². The molecule has 0 saturated carbocycles. The summed E-state index contributed by atoms with van der Waals surface area (Å²) in [5.41, 5.74) is 1.26. The maximum absolute atomic E-state index is 13.3. The van der Waals surface area contributed by atoms with Crippen LogP contribution in [0.15, 0.2) is 24.3 Å². The molecule has 2 rings (SSSR count). The van der Waals surface area contributed by atoms with Gasteiger partial charge in [-0.15, -0.1) is 11.3 Å². The Balaban J connectivity index is 2.60. The van der Waals surface area contributed by atoms with Gasteiger partial charge in [-0.1, -0.05) is 0 Å². The van der Waals surface area contributed by atoms with Crippen molar-refractivity contribution in [2.75, 3.05) is 7.11 Å². The van der Waals surface area contributed by atoms with E-state index in [-0.39, 0.29) is 10.7 Å². The molecule has 18 heavy (non-hydrogen) atoms. The van der Waals surface area contributed by atoms with Gasteiger partial charge in [-0.2, -0.15) is 0 Å². The van der Waals surface area contributed by atoms with E-state index in [4.69, 9.17) is 9.84 Å². The summed E-state index contributed by atoms with van der Waals surface area (Å²) >= 11 is 1.16. The van der Waals surface area contributed by atoms with Crippen LogP contribution >= 0.6 is 11.3 Å². The van der Waals surface area contributed by atoms with Crippen LogP contribution in [0.3, 0.4) is 0 Å². The van der Waals surface area contributed by atoms with Crippen LogP contribution in [-0.4, -0.2) is 18.2 Å². The van der Waals surface area contributed by atoms with Crippen molar-refractivity contribution < 1.29 is 19.0 Å². The number of ether oxygens (including phenoxy) is 1. The van der Waals surface area contributed by atoms with E-state index in [1.165, 1.54) is 25.3 Å². The Kier molecular flexibility index (Phi) is 3.34. The number of carboxylic acid groups (broad SMARTS) is 1. The molecule has 0 radical (unpaired) electrons. The van der Waals surface area contributed by atoms with Gasteiger partial charge < -0.3 is 9.84 Å². The highest BCUT2D eigenvalue weighted by Crippen LogP contribution is 2.37. The minimum atomic E-state index is -0.982. The van der Waals surface area contributed by atoms with Crippen molar-refractivity contribution in [2.45, 2.75) is 6.92 Å². The van der Waals surface area contributed by atoms with Crippen molar-refractivity contribution in [1.82, 2.24) is 0 Å². The van der Waals surface area contributed by atoms with E-state index in [0.29, 0.717) is 16.9 Å². The predicted octanol–water partition coefficient (Wildman–Crippen LogP) is 3.57. The first kappa shape index (κ1) is 12.6. The lowest BCUT2D eigenvalue weighted by Gasteiger charge is -2.07. The van der Waals surface area contributed by atoms with Crippen LogP contribution in [0.5, 0.6) is 5.75 Å². The van der Waals surface area contributed by atoms with Crippen molar-refractivity contribution in [3.63, 3.8) is 0 Å². The quantitative estimate of drug-likeness (QED) is 0.923. The predicted molar refractivity (Wildman–Crippen MR) is 68.0 cm³/mol. The SMILES string of the molecule is COc1ccc(F)cc1-c1cc(C(=O)O)sc1C. The molecule has 0 aliphatic carbocycles. The van der Waals surface area contributed by atoms with Gasteiger partial charge in [0.05, 0.1) is 7.11 Å². The van der Waals surface area contributed by atoms with E-state index >= 15 is 0 Å². The number of hydrogen-bond donors (Lipinski definition) is 1. The topological polar surface area (TPSA) is 46.5 Å². The third kappa shape index (κ3) is 2.22. The highest BCUT2D eigenvalue weighted by Gasteiger charge is 2.16. The number of carbonyl (C=O) groups is 1. The number of benzene rings is 1. The summed E-state index contributed by atoms with van der Waals surface area (Å²) in [6.45, 7) is 1.80. The van der Waals surface area contributed by atoms with Crippen LogP contribution in [0.1, 0.15) is 14.5 Å².